The quantitative estimate of drug-likeness (QED) is 0.769. The van der Waals surface area contributed by atoms with Gasteiger partial charge in [-0.05, 0) is 38.1 Å². The van der Waals surface area contributed by atoms with Crippen LogP contribution < -0.4 is 5.43 Å². The largest absolute Gasteiger partial charge is 0.265 e. The molecule has 1 N–H and O–H groups in total. The molecule has 3 aromatic rings. The molecule has 0 atom stereocenters. The highest BCUT2D eigenvalue weighted by atomic mass is 15.3. The lowest BCUT2D eigenvalue weighted by Crippen LogP contribution is -2.19. The third-order valence-corrected chi connectivity index (χ3v) is 4.19. The number of hydrazone groups is 1. The second kappa shape index (κ2) is 6.32. The highest BCUT2D eigenvalue weighted by Gasteiger charge is 2.17. The average molecular weight is 326 g/mol. The summed E-state index contributed by atoms with van der Waals surface area (Å²) in [7, 11) is 0. The Balaban J connectivity index is 1.87. The summed E-state index contributed by atoms with van der Waals surface area (Å²) in [6.45, 7) is 4.17. The van der Waals surface area contributed by atoms with Gasteiger partial charge < -0.3 is 0 Å². The Labute approximate surface area is 147 Å². The van der Waals surface area contributed by atoms with Crippen LogP contribution in [-0.2, 0) is 0 Å². The molecule has 4 heteroatoms. The van der Waals surface area contributed by atoms with Gasteiger partial charge in [-0.15, -0.1) is 0 Å². The number of pyridine rings is 1. The van der Waals surface area contributed by atoms with Gasteiger partial charge in [0, 0.05) is 29.1 Å². The van der Waals surface area contributed by atoms with Gasteiger partial charge in [0.25, 0.3) is 0 Å². The Morgan fingerprint density at radius 2 is 1.48 bits per heavy atom. The number of amidine groups is 1. The van der Waals surface area contributed by atoms with E-state index in [2.05, 4.69) is 65.8 Å². The Kier molecular flexibility index (Phi) is 3.86. The molecule has 0 saturated carbocycles. The topological polar surface area (TPSA) is 49.6 Å². The third kappa shape index (κ3) is 3.06. The van der Waals surface area contributed by atoms with Crippen LogP contribution >= 0.6 is 0 Å². The molecular formula is C21H18N4. The first-order chi connectivity index (χ1) is 12.2. The van der Waals surface area contributed by atoms with E-state index in [0.29, 0.717) is 0 Å². The summed E-state index contributed by atoms with van der Waals surface area (Å²) in [5, 5.41) is 4.68. The van der Waals surface area contributed by atoms with Crippen molar-refractivity contribution < 1.29 is 0 Å². The number of hydrogen-bond donors (Lipinski definition) is 1. The SMILES string of the molecule is Cc1ccc(C2=NNC(c3ccncc3)=Nc3ccc(C)cc32)cc1. The van der Waals surface area contributed by atoms with Crippen LogP contribution in [0.5, 0.6) is 0 Å². The Bertz CT molecular complexity index is 971. The zero-order chi connectivity index (χ0) is 17.2. The molecule has 0 spiro atoms. The normalized spacial score (nSPS) is 13.2. The van der Waals surface area contributed by atoms with E-state index in [9.17, 15) is 0 Å². The molecule has 0 saturated heterocycles. The van der Waals surface area contributed by atoms with Gasteiger partial charge in [-0.3, -0.25) is 10.4 Å². The molecule has 0 radical (unpaired) electrons. The van der Waals surface area contributed by atoms with Gasteiger partial charge in [-0.25, -0.2) is 4.99 Å². The van der Waals surface area contributed by atoms with Crippen molar-refractivity contribution in [2.24, 2.45) is 10.1 Å². The first kappa shape index (κ1) is 15.3. The zero-order valence-electron chi connectivity index (χ0n) is 14.2. The van der Waals surface area contributed by atoms with Gasteiger partial charge in [0.15, 0.2) is 5.84 Å². The summed E-state index contributed by atoms with van der Waals surface area (Å²) in [5.74, 6) is 0.717. The first-order valence-electron chi connectivity index (χ1n) is 8.21. The number of hydrogen-bond acceptors (Lipinski definition) is 4. The van der Waals surface area contributed by atoms with Crippen LogP contribution in [0.25, 0.3) is 0 Å². The van der Waals surface area contributed by atoms with Crippen molar-refractivity contribution in [2.45, 2.75) is 13.8 Å². The zero-order valence-corrected chi connectivity index (χ0v) is 14.2. The van der Waals surface area contributed by atoms with Crippen LogP contribution in [0, 0.1) is 13.8 Å². The van der Waals surface area contributed by atoms with Gasteiger partial charge in [-0.2, -0.15) is 5.10 Å². The number of fused-ring (bicyclic) bond motifs is 1. The minimum Gasteiger partial charge on any atom is -0.265 e. The number of rotatable bonds is 2. The van der Waals surface area contributed by atoms with Crippen LogP contribution in [0.15, 0.2) is 77.1 Å². The lowest BCUT2D eigenvalue weighted by molar-refractivity contribution is 1.03. The van der Waals surface area contributed by atoms with Crippen molar-refractivity contribution in [1.82, 2.24) is 10.4 Å². The maximum Gasteiger partial charge on any atom is 0.154 e. The average Bonchev–Trinajstić information content (AvgIpc) is 2.83. The highest BCUT2D eigenvalue weighted by Crippen LogP contribution is 2.27. The van der Waals surface area contributed by atoms with E-state index in [1.54, 1.807) is 12.4 Å². The van der Waals surface area contributed by atoms with Crippen molar-refractivity contribution in [3.63, 3.8) is 0 Å². The molecule has 1 aromatic heterocycles. The molecular weight excluding hydrogens is 308 g/mol. The summed E-state index contributed by atoms with van der Waals surface area (Å²) in [6, 6.07) is 18.5. The van der Waals surface area contributed by atoms with Crippen LogP contribution in [0.1, 0.15) is 27.8 Å². The van der Waals surface area contributed by atoms with E-state index in [0.717, 1.165) is 33.9 Å². The molecule has 0 bridgehead atoms. The number of aliphatic imine (C=N–C) groups is 1. The second-order valence-electron chi connectivity index (χ2n) is 6.16. The van der Waals surface area contributed by atoms with Crippen molar-refractivity contribution in [2.75, 3.05) is 0 Å². The summed E-state index contributed by atoms with van der Waals surface area (Å²) >= 11 is 0. The van der Waals surface area contributed by atoms with Crippen LogP contribution in [0.3, 0.4) is 0 Å². The molecule has 1 aliphatic rings. The minimum absolute atomic E-state index is 0.717. The molecule has 25 heavy (non-hydrogen) atoms. The van der Waals surface area contributed by atoms with Crippen molar-refractivity contribution in [3.8, 4) is 0 Å². The minimum atomic E-state index is 0.717. The smallest absolute Gasteiger partial charge is 0.154 e. The van der Waals surface area contributed by atoms with Crippen molar-refractivity contribution in [3.05, 3.63) is 94.8 Å². The molecule has 122 valence electrons. The standard InChI is InChI=1S/C21H18N4/c1-14-3-6-16(7-4-14)20-18-13-15(2)5-8-19(18)23-21(25-24-20)17-9-11-22-12-10-17/h3-13H,1-2H3,(H,23,25). The lowest BCUT2D eigenvalue weighted by atomic mass is 9.98. The summed E-state index contributed by atoms with van der Waals surface area (Å²) in [5.41, 5.74) is 10.4. The van der Waals surface area contributed by atoms with Gasteiger partial charge in [-0.1, -0.05) is 41.5 Å². The molecule has 0 amide bonds. The number of nitrogens with one attached hydrogen (secondary N) is 1. The van der Waals surface area contributed by atoms with Gasteiger partial charge in [0.1, 0.15) is 0 Å². The first-order valence-corrected chi connectivity index (χ1v) is 8.21. The summed E-state index contributed by atoms with van der Waals surface area (Å²) in [6.07, 6.45) is 3.51. The van der Waals surface area contributed by atoms with Gasteiger partial charge in [0.05, 0.1) is 11.4 Å². The molecule has 4 rings (SSSR count). The Morgan fingerprint density at radius 3 is 2.24 bits per heavy atom. The lowest BCUT2D eigenvalue weighted by Gasteiger charge is -2.09. The Morgan fingerprint density at radius 1 is 0.760 bits per heavy atom. The van der Waals surface area contributed by atoms with Gasteiger partial charge in [0.2, 0.25) is 0 Å². The molecule has 0 fully saturated rings. The van der Waals surface area contributed by atoms with E-state index in [1.807, 2.05) is 18.2 Å². The second-order valence-corrected chi connectivity index (χ2v) is 6.16. The molecule has 0 aliphatic carbocycles. The number of nitrogens with zero attached hydrogens (tertiary/aromatic N) is 3. The fraction of sp³-hybridized carbons (Fsp3) is 0.0952. The number of benzene rings is 2. The summed E-state index contributed by atoms with van der Waals surface area (Å²) < 4.78 is 0. The van der Waals surface area contributed by atoms with E-state index in [4.69, 9.17) is 4.99 Å². The fourth-order valence-electron chi connectivity index (χ4n) is 2.82. The van der Waals surface area contributed by atoms with Crippen LogP contribution in [0.2, 0.25) is 0 Å². The van der Waals surface area contributed by atoms with Crippen LogP contribution in [0.4, 0.5) is 5.69 Å². The van der Waals surface area contributed by atoms with Crippen LogP contribution in [-0.4, -0.2) is 16.5 Å². The van der Waals surface area contributed by atoms with E-state index in [1.165, 1.54) is 11.1 Å². The fourth-order valence-corrected chi connectivity index (χ4v) is 2.82. The molecule has 0 unspecified atom stereocenters. The number of aryl methyl sites for hydroxylation is 2. The molecule has 1 aliphatic heterocycles. The number of aromatic nitrogens is 1. The maximum atomic E-state index is 4.81. The van der Waals surface area contributed by atoms with Crippen molar-refractivity contribution in [1.29, 1.82) is 0 Å². The predicted octanol–water partition coefficient (Wildman–Crippen LogP) is 4.13. The van der Waals surface area contributed by atoms with E-state index in [-0.39, 0.29) is 0 Å². The third-order valence-electron chi connectivity index (χ3n) is 4.19. The highest BCUT2D eigenvalue weighted by molar-refractivity contribution is 6.18. The Hall–Kier alpha value is -3.27. The summed E-state index contributed by atoms with van der Waals surface area (Å²) in [4.78, 5) is 8.88. The van der Waals surface area contributed by atoms with Crippen molar-refractivity contribution >= 4 is 17.2 Å². The molecule has 2 heterocycles. The molecule has 4 nitrogen and oxygen atoms in total. The molecule has 2 aromatic carbocycles. The monoisotopic (exact) mass is 326 g/mol. The maximum absolute atomic E-state index is 4.81. The van der Waals surface area contributed by atoms with E-state index < -0.39 is 0 Å². The van der Waals surface area contributed by atoms with E-state index >= 15 is 0 Å². The predicted molar refractivity (Wildman–Crippen MR) is 102 cm³/mol. The van der Waals surface area contributed by atoms with Gasteiger partial charge >= 0.3 is 0 Å².